The lowest BCUT2D eigenvalue weighted by Crippen LogP contribution is -2.20. The molecule has 0 aliphatic heterocycles. The van der Waals surface area contributed by atoms with Gasteiger partial charge in [-0.1, -0.05) is 11.6 Å². The lowest BCUT2D eigenvalue weighted by molar-refractivity contribution is 0.202. The minimum Gasteiger partial charge on any atom is -0.384 e. The number of aryl methyl sites for hydroxylation is 3. The Morgan fingerprint density at radius 3 is 2.64 bits per heavy atom. The van der Waals surface area contributed by atoms with E-state index in [-0.39, 0.29) is 5.56 Å². The molecule has 3 aromatic rings. The molecule has 0 radical (unpaired) electrons. The number of nitrogens with one attached hydrogen (secondary N) is 2. The molecule has 0 aliphatic carbocycles. The maximum absolute atomic E-state index is 12.2. The molecule has 0 aliphatic rings. The van der Waals surface area contributed by atoms with E-state index in [1.54, 1.807) is 14.0 Å². The summed E-state index contributed by atoms with van der Waals surface area (Å²) in [5, 5.41) is 4.01. The summed E-state index contributed by atoms with van der Waals surface area (Å²) in [4.78, 5) is 28.3. The standard InChI is InChI=1S/C18H21N5O2/c1-10-5-6-15-14(9-10)12(3)20-17(21-15)23-18-19-11(2)13(7-8-25-4)16(24)22-18/h5-6,9H,7-8H2,1-4H3,(H2,19,20,21,22,23,24). The average molecular weight is 339 g/mol. The van der Waals surface area contributed by atoms with Crippen LogP contribution >= 0.6 is 0 Å². The summed E-state index contributed by atoms with van der Waals surface area (Å²) in [6, 6.07) is 6.02. The number of H-pyrrole nitrogens is 1. The van der Waals surface area contributed by atoms with Gasteiger partial charge in [0.2, 0.25) is 11.9 Å². The van der Waals surface area contributed by atoms with Crippen molar-refractivity contribution < 1.29 is 4.74 Å². The number of hydrogen-bond donors (Lipinski definition) is 2. The summed E-state index contributed by atoms with van der Waals surface area (Å²) in [7, 11) is 1.60. The van der Waals surface area contributed by atoms with Crippen molar-refractivity contribution in [1.82, 2.24) is 19.9 Å². The predicted molar refractivity (Wildman–Crippen MR) is 97.5 cm³/mol. The van der Waals surface area contributed by atoms with Crippen LogP contribution in [0.4, 0.5) is 11.9 Å². The Bertz CT molecular complexity index is 981. The highest BCUT2D eigenvalue weighted by molar-refractivity contribution is 5.82. The van der Waals surface area contributed by atoms with Gasteiger partial charge >= 0.3 is 0 Å². The quantitative estimate of drug-likeness (QED) is 0.742. The first-order valence-electron chi connectivity index (χ1n) is 8.08. The number of fused-ring (bicyclic) bond motifs is 1. The van der Waals surface area contributed by atoms with E-state index in [4.69, 9.17) is 4.74 Å². The van der Waals surface area contributed by atoms with E-state index < -0.39 is 0 Å². The topological polar surface area (TPSA) is 92.8 Å². The van der Waals surface area contributed by atoms with Gasteiger partial charge < -0.3 is 4.74 Å². The van der Waals surface area contributed by atoms with Crippen LogP contribution in [0.15, 0.2) is 23.0 Å². The van der Waals surface area contributed by atoms with Crippen molar-refractivity contribution in [3.8, 4) is 0 Å². The summed E-state index contributed by atoms with van der Waals surface area (Å²) in [5.74, 6) is 0.732. The van der Waals surface area contributed by atoms with Crippen LogP contribution in [0.25, 0.3) is 10.9 Å². The fourth-order valence-corrected chi connectivity index (χ4v) is 2.73. The third-order valence-corrected chi connectivity index (χ3v) is 4.05. The first-order valence-corrected chi connectivity index (χ1v) is 8.08. The van der Waals surface area contributed by atoms with Gasteiger partial charge in [-0.25, -0.2) is 15.0 Å². The van der Waals surface area contributed by atoms with Crippen LogP contribution in [0.5, 0.6) is 0 Å². The molecule has 0 spiro atoms. The third-order valence-electron chi connectivity index (χ3n) is 4.05. The monoisotopic (exact) mass is 339 g/mol. The van der Waals surface area contributed by atoms with Gasteiger partial charge in [-0.05, 0) is 32.9 Å². The second kappa shape index (κ2) is 6.98. The number of anilines is 2. The lowest BCUT2D eigenvalue weighted by Gasteiger charge is -2.10. The van der Waals surface area contributed by atoms with Gasteiger partial charge in [-0.3, -0.25) is 15.1 Å². The van der Waals surface area contributed by atoms with E-state index in [2.05, 4.69) is 31.3 Å². The van der Waals surface area contributed by atoms with Gasteiger partial charge in [0.1, 0.15) is 0 Å². The highest BCUT2D eigenvalue weighted by Crippen LogP contribution is 2.19. The fraction of sp³-hybridized carbons (Fsp3) is 0.333. The minimum atomic E-state index is -0.180. The number of aromatic nitrogens is 4. The molecular formula is C18H21N5O2. The van der Waals surface area contributed by atoms with Crippen LogP contribution in [0.2, 0.25) is 0 Å². The molecule has 0 bridgehead atoms. The van der Waals surface area contributed by atoms with Crippen LogP contribution in [0.3, 0.4) is 0 Å². The van der Waals surface area contributed by atoms with Crippen molar-refractivity contribution in [2.24, 2.45) is 0 Å². The Morgan fingerprint density at radius 2 is 1.92 bits per heavy atom. The summed E-state index contributed by atoms with van der Waals surface area (Å²) in [5.41, 5.74) is 3.98. The molecule has 130 valence electrons. The SMILES string of the molecule is COCCc1c(C)nc(Nc2nc(C)c3cc(C)ccc3n2)[nH]c1=O. The van der Waals surface area contributed by atoms with E-state index in [0.29, 0.717) is 36.2 Å². The first kappa shape index (κ1) is 17.0. The number of nitrogens with zero attached hydrogens (tertiary/aromatic N) is 3. The van der Waals surface area contributed by atoms with E-state index in [1.807, 2.05) is 26.0 Å². The van der Waals surface area contributed by atoms with Crippen LogP contribution < -0.4 is 10.9 Å². The van der Waals surface area contributed by atoms with E-state index in [1.165, 1.54) is 0 Å². The fourth-order valence-electron chi connectivity index (χ4n) is 2.73. The van der Waals surface area contributed by atoms with Crippen molar-refractivity contribution in [3.05, 3.63) is 51.1 Å². The molecule has 2 heterocycles. The maximum atomic E-state index is 12.2. The molecule has 0 unspecified atom stereocenters. The molecular weight excluding hydrogens is 318 g/mol. The summed E-state index contributed by atoms with van der Waals surface area (Å²) >= 11 is 0. The molecule has 7 heteroatoms. The van der Waals surface area contributed by atoms with Gasteiger partial charge in [0.05, 0.1) is 23.5 Å². The largest absolute Gasteiger partial charge is 0.384 e. The van der Waals surface area contributed by atoms with E-state index in [9.17, 15) is 4.79 Å². The number of hydrogen-bond acceptors (Lipinski definition) is 6. The average Bonchev–Trinajstić information content (AvgIpc) is 2.55. The molecule has 2 N–H and O–H groups in total. The maximum Gasteiger partial charge on any atom is 0.255 e. The van der Waals surface area contributed by atoms with Gasteiger partial charge in [0.25, 0.3) is 5.56 Å². The van der Waals surface area contributed by atoms with Crippen molar-refractivity contribution in [2.45, 2.75) is 27.2 Å². The highest BCUT2D eigenvalue weighted by atomic mass is 16.5. The molecule has 25 heavy (non-hydrogen) atoms. The van der Waals surface area contributed by atoms with Crippen LogP contribution in [0, 0.1) is 20.8 Å². The molecule has 2 aromatic heterocycles. The molecule has 0 saturated carbocycles. The zero-order chi connectivity index (χ0) is 18.0. The third kappa shape index (κ3) is 3.66. The molecule has 0 fully saturated rings. The van der Waals surface area contributed by atoms with Crippen molar-refractivity contribution in [2.75, 3.05) is 19.0 Å². The first-order chi connectivity index (χ1) is 12.0. The van der Waals surface area contributed by atoms with Crippen molar-refractivity contribution in [3.63, 3.8) is 0 Å². The van der Waals surface area contributed by atoms with Gasteiger partial charge in [-0.15, -0.1) is 0 Å². The van der Waals surface area contributed by atoms with Crippen LogP contribution in [-0.2, 0) is 11.2 Å². The Balaban J connectivity index is 1.93. The molecule has 3 rings (SSSR count). The van der Waals surface area contributed by atoms with Crippen LogP contribution in [-0.4, -0.2) is 33.7 Å². The van der Waals surface area contributed by atoms with Gasteiger partial charge in [0.15, 0.2) is 0 Å². The Labute approximate surface area is 145 Å². The zero-order valence-corrected chi connectivity index (χ0v) is 14.8. The van der Waals surface area contributed by atoms with Gasteiger partial charge in [-0.2, -0.15) is 0 Å². The number of ether oxygens (including phenoxy) is 1. The molecule has 1 aromatic carbocycles. The molecule has 7 nitrogen and oxygen atoms in total. The number of methoxy groups -OCH3 is 1. The molecule has 0 atom stereocenters. The number of rotatable bonds is 5. The smallest absolute Gasteiger partial charge is 0.255 e. The summed E-state index contributed by atoms with van der Waals surface area (Å²) < 4.78 is 5.03. The summed E-state index contributed by atoms with van der Waals surface area (Å²) in [6.45, 7) is 6.25. The molecule has 0 amide bonds. The predicted octanol–water partition coefficient (Wildman–Crippen LogP) is 2.57. The lowest BCUT2D eigenvalue weighted by atomic mass is 10.1. The Hall–Kier alpha value is -2.80. The van der Waals surface area contributed by atoms with E-state index >= 15 is 0 Å². The minimum absolute atomic E-state index is 0.180. The second-order valence-electron chi connectivity index (χ2n) is 6.00. The highest BCUT2D eigenvalue weighted by Gasteiger charge is 2.10. The van der Waals surface area contributed by atoms with Crippen molar-refractivity contribution >= 4 is 22.8 Å². The second-order valence-corrected chi connectivity index (χ2v) is 6.00. The van der Waals surface area contributed by atoms with Crippen molar-refractivity contribution in [1.29, 1.82) is 0 Å². The van der Waals surface area contributed by atoms with Gasteiger partial charge in [0, 0.05) is 24.5 Å². The van der Waals surface area contributed by atoms with Crippen LogP contribution in [0.1, 0.15) is 22.5 Å². The zero-order valence-electron chi connectivity index (χ0n) is 14.8. The number of aromatic amines is 1. The Morgan fingerprint density at radius 1 is 1.12 bits per heavy atom. The Kier molecular flexibility index (Phi) is 4.76. The van der Waals surface area contributed by atoms with E-state index in [0.717, 1.165) is 22.2 Å². The normalized spacial score (nSPS) is 11.0. The number of benzene rings is 1. The molecule has 0 saturated heterocycles. The summed E-state index contributed by atoms with van der Waals surface area (Å²) in [6.07, 6.45) is 0.524.